The zero-order valence-electron chi connectivity index (χ0n) is 11.3. The Kier molecular flexibility index (Phi) is 2.90. The van der Waals surface area contributed by atoms with Crippen molar-refractivity contribution in [2.75, 3.05) is 11.4 Å². The van der Waals surface area contributed by atoms with E-state index in [4.69, 9.17) is 4.42 Å². The molecule has 0 aliphatic carbocycles. The van der Waals surface area contributed by atoms with Crippen LogP contribution in [-0.4, -0.2) is 12.5 Å². The van der Waals surface area contributed by atoms with Crippen LogP contribution in [0.1, 0.15) is 33.9 Å². The number of amides is 1. The molecule has 2 aromatic rings. The van der Waals surface area contributed by atoms with Crippen molar-refractivity contribution < 1.29 is 9.21 Å². The highest BCUT2D eigenvalue weighted by Crippen LogP contribution is 2.31. The molecule has 0 bridgehead atoms. The number of nitrogens with zero attached hydrogens (tertiary/aromatic N) is 1. The van der Waals surface area contributed by atoms with Crippen LogP contribution in [-0.2, 0) is 6.42 Å². The van der Waals surface area contributed by atoms with Crippen molar-refractivity contribution in [1.82, 2.24) is 0 Å². The zero-order chi connectivity index (χ0) is 13.4. The molecule has 0 radical (unpaired) electrons. The van der Waals surface area contributed by atoms with Crippen molar-refractivity contribution in [3.63, 3.8) is 0 Å². The van der Waals surface area contributed by atoms with Crippen LogP contribution in [0.3, 0.4) is 0 Å². The number of furan rings is 1. The molecule has 0 unspecified atom stereocenters. The van der Waals surface area contributed by atoms with Crippen LogP contribution in [0.15, 0.2) is 34.7 Å². The largest absolute Gasteiger partial charge is 0.456 e. The highest BCUT2D eigenvalue weighted by molar-refractivity contribution is 6.05. The number of carbonyl (C=O) groups excluding carboxylic acids is 1. The summed E-state index contributed by atoms with van der Waals surface area (Å²) in [5.41, 5.74) is 3.46. The van der Waals surface area contributed by atoms with Gasteiger partial charge in [0.25, 0.3) is 5.91 Å². The summed E-state index contributed by atoms with van der Waals surface area (Å²) in [5, 5.41) is 0. The van der Waals surface area contributed by atoms with Crippen molar-refractivity contribution in [2.24, 2.45) is 0 Å². The van der Waals surface area contributed by atoms with Crippen LogP contribution < -0.4 is 4.90 Å². The predicted octanol–water partition coefficient (Wildman–Crippen LogP) is 3.49. The molecule has 19 heavy (non-hydrogen) atoms. The molecule has 0 N–H and O–H groups in total. The van der Waals surface area contributed by atoms with E-state index in [-0.39, 0.29) is 5.91 Å². The first-order valence-corrected chi connectivity index (χ1v) is 6.63. The van der Waals surface area contributed by atoms with E-state index in [1.165, 1.54) is 5.56 Å². The Balaban J connectivity index is 2.02. The molecular weight excluding hydrogens is 238 g/mol. The number of fused-ring (bicyclic) bond motifs is 1. The molecule has 1 aliphatic rings. The van der Waals surface area contributed by atoms with Gasteiger partial charge in [-0.05, 0) is 49.9 Å². The first-order valence-electron chi connectivity index (χ1n) is 6.63. The summed E-state index contributed by atoms with van der Waals surface area (Å²) in [7, 11) is 0. The maximum absolute atomic E-state index is 12.6. The Morgan fingerprint density at radius 3 is 2.79 bits per heavy atom. The number of para-hydroxylation sites is 1. The second-order valence-corrected chi connectivity index (χ2v) is 5.05. The standard InChI is InChI=1S/C16H17NO2/c1-11-5-3-6-13-7-4-10-17(15(11)13)16(18)14-9-8-12(2)19-14/h3,5-6,8-9H,4,7,10H2,1-2H3. The second-order valence-electron chi connectivity index (χ2n) is 5.05. The molecule has 0 saturated heterocycles. The number of carbonyl (C=O) groups is 1. The minimum absolute atomic E-state index is 0.0386. The predicted molar refractivity (Wildman–Crippen MR) is 74.6 cm³/mol. The van der Waals surface area contributed by atoms with Crippen molar-refractivity contribution in [3.8, 4) is 0 Å². The molecule has 3 nitrogen and oxygen atoms in total. The summed E-state index contributed by atoms with van der Waals surface area (Å²) in [5.74, 6) is 1.15. The van der Waals surface area contributed by atoms with Gasteiger partial charge < -0.3 is 9.32 Å². The number of rotatable bonds is 1. The molecule has 2 heterocycles. The molecular formula is C16H17NO2. The fourth-order valence-electron chi connectivity index (χ4n) is 2.73. The van der Waals surface area contributed by atoms with E-state index in [0.29, 0.717) is 5.76 Å². The Morgan fingerprint density at radius 1 is 1.21 bits per heavy atom. The van der Waals surface area contributed by atoms with Gasteiger partial charge in [-0.3, -0.25) is 4.79 Å². The third kappa shape index (κ3) is 2.05. The summed E-state index contributed by atoms with van der Waals surface area (Å²) in [4.78, 5) is 14.4. The number of hydrogen-bond acceptors (Lipinski definition) is 2. The van der Waals surface area contributed by atoms with Gasteiger partial charge in [0.2, 0.25) is 0 Å². The Morgan fingerprint density at radius 2 is 2.05 bits per heavy atom. The molecule has 3 rings (SSSR count). The summed E-state index contributed by atoms with van der Waals surface area (Å²) in [6, 6.07) is 9.80. The average Bonchev–Trinajstić information content (AvgIpc) is 2.84. The molecule has 0 atom stereocenters. The fraction of sp³-hybridized carbons (Fsp3) is 0.312. The molecule has 1 aliphatic heterocycles. The Hall–Kier alpha value is -2.03. The minimum atomic E-state index is -0.0386. The number of hydrogen-bond donors (Lipinski definition) is 0. The van der Waals surface area contributed by atoms with Crippen LogP contribution in [0, 0.1) is 13.8 Å². The molecule has 1 aromatic heterocycles. The van der Waals surface area contributed by atoms with Crippen molar-refractivity contribution >= 4 is 11.6 Å². The van der Waals surface area contributed by atoms with Crippen LogP contribution in [0.2, 0.25) is 0 Å². The van der Waals surface area contributed by atoms with Gasteiger partial charge >= 0.3 is 0 Å². The quantitative estimate of drug-likeness (QED) is 0.781. The molecule has 3 heteroatoms. The number of anilines is 1. The van der Waals surface area contributed by atoms with Gasteiger partial charge in [0.15, 0.2) is 5.76 Å². The molecule has 1 amide bonds. The highest BCUT2D eigenvalue weighted by Gasteiger charge is 2.26. The summed E-state index contributed by atoms with van der Waals surface area (Å²) >= 11 is 0. The molecule has 0 fully saturated rings. The molecule has 0 saturated carbocycles. The lowest BCUT2D eigenvalue weighted by Gasteiger charge is -2.30. The van der Waals surface area contributed by atoms with Gasteiger partial charge in [0, 0.05) is 6.54 Å². The molecule has 1 aromatic carbocycles. The smallest absolute Gasteiger partial charge is 0.293 e. The second kappa shape index (κ2) is 4.57. The molecule has 98 valence electrons. The van der Waals surface area contributed by atoms with Crippen LogP contribution in [0.4, 0.5) is 5.69 Å². The lowest BCUT2D eigenvalue weighted by molar-refractivity contribution is 0.0957. The van der Waals surface area contributed by atoms with E-state index < -0.39 is 0 Å². The van der Waals surface area contributed by atoms with Crippen LogP contribution >= 0.6 is 0 Å². The Bertz CT molecular complexity index is 627. The summed E-state index contributed by atoms with van der Waals surface area (Å²) in [6.07, 6.45) is 2.04. The van der Waals surface area contributed by atoms with Crippen molar-refractivity contribution in [3.05, 3.63) is 53.0 Å². The normalized spacial score (nSPS) is 14.3. The number of benzene rings is 1. The monoisotopic (exact) mass is 255 g/mol. The maximum atomic E-state index is 12.6. The van der Waals surface area contributed by atoms with E-state index >= 15 is 0 Å². The van der Waals surface area contributed by atoms with E-state index in [9.17, 15) is 4.79 Å². The Labute approximate surface area is 112 Å². The lowest BCUT2D eigenvalue weighted by atomic mass is 9.98. The number of aryl methyl sites for hydroxylation is 3. The van der Waals surface area contributed by atoms with E-state index in [2.05, 4.69) is 25.1 Å². The SMILES string of the molecule is Cc1ccc(C(=O)N2CCCc3cccc(C)c32)o1. The third-order valence-electron chi connectivity index (χ3n) is 3.62. The average molecular weight is 255 g/mol. The first-order chi connectivity index (χ1) is 9.16. The van der Waals surface area contributed by atoms with Gasteiger partial charge in [-0.25, -0.2) is 0 Å². The fourth-order valence-corrected chi connectivity index (χ4v) is 2.73. The van der Waals surface area contributed by atoms with Crippen molar-refractivity contribution in [1.29, 1.82) is 0 Å². The topological polar surface area (TPSA) is 33.5 Å². The summed E-state index contributed by atoms with van der Waals surface area (Å²) < 4.78 is 5.46. The minimum Gasteiger partial charge on any atom is -0.456 e. The highest BCUT2D eigenvalue weighted by atomic mass is 16.3. The summed E-state index contributed by atoms with van der Waals surface area (Å²) in [6.45, 7) is 4.67. The zero-order valence-corrected chi connectivity index (χ0v) is 11.3. The third-order valence-corrected chi connectivity index (χ3v) is 3.62. The maximum Gasteiger partial charge on any atom is 0.293 e. The van der Waals surface area contributed by atoms with Gasteiger partial charge in [0.1, 0.15) is 5.76 Å². The van der Waals surface area contributed by atoms with Gasteiger partial charge in [-0.1, -0.05) is 18.2 Å². The molecule has 0 spiro atoms. The van der Waals surface area contributed by atoms with Crippen LogP contribution in [0.25, 0.3) is 0 Å². The lowest BCUT2D eigenvalue weighted by Crippen LogP contribution is -2.35. The van der Waals surface area contributed by atoms with Gasteiger partial charge in [-0.2, -0.15) is 0 Å². The van der Waals surface area contributed by atoms with E-state index in [1.54, 1.807) is 6.07 Å². The van der Waals surface area contributed by atoms with Gasteiger partial charge in [-0.15, -0.1) is 0 Å². The van der Waals surface area contributed by atoms with Crippen LogP contribution in [0.5, 0.6) is 0 Å². The van der Waals surface area contributed by atoms with E-state index in [0.717, 1.165) is 36.4 Å². The van der Waals surface area contributed by atoms with Crippen molar-refractivity contribution in [2.45, 2.75) is 26.7 Å². The van der Waals surface area contributed by atoms with Gasteiger partial charge in [0.05, 0.1) is 5.69 Å². The van der Waals surface area contributed by atoms with E-state index in [1.807, 2.05) is 17.9 Å². The first kappa shape index (κ1) is 12.0.